The molecule has 6 unspecified atom stereocenters. The summed E-state index contributed by atoms with van der Waals surface area (Å²) in [6.07, 6.45) is -5.02. The number of fused-ring (bicyclic) bond motifs is 1. The van der Waals surface area contributed by atoms with Crippen LogP contribution in [0.2, 0.25) is 0 Å². The number of aliphatic hydroxyl groups is 4. The number of esters is 1. The Bertz CT molecular complexity index is 1620. The fourth-order valence-electron chi connectivity index (χ4n) is 5.05. The average molecular weight is 656 g/mol. The first-order valence-electron chi connectivity index (χ1n) is 14.3. The van der Waals surface area contributed by atoms with Crippen molar-refractivity contribution in [3.8, 4) is 40.2 Å². The highest BCUT2D eigenvalue weighted by Gasteiger charge is 2.47. The first kappa shape index (κ1) is 33.2. The van der Waals surface area contributed by atoms with Gasteiger partial charge in [-0.3, -0.25) is 0 Å². The summed E-state index contributed by atoms with van der Waals surface area (Å²) in [7, 11) is 4.15. The Morgan fingerprint density at radius 2 is 1.57 bits per heavy atom. The van der Waals surface area contributed by atoms with E-state index in [0.717, 1.165) is 6.08 Å². The lowest BCUT2D eigenvalue weighted by Gasteiger charge is -2.40. The number of methoxy groups -OCH3 is 3. The minimum Gasteiger partial charge on any atom is -0.571 e. The third-order valence-electron chi connectivity index (χ3n) is 7.60. The summed E-state index contributed by atoms with van der Waals surface area (Å²) >= 11 is 0. The molecule has 5 rings (SSSR count). The molecule has 0 aromatic heterocycles. The molecule has 2 aliphatic heterocycles. The summed E-state index contributed by atoms with van der Waals surface area (Å²) < 4.78 is 37.7. The van der Waals surface area contributed by atoms with Crippen LogP contribution >= 0.6 is 0 Å². The number of ether oxygens (including phenoxy) is 7. The van der Waals surface area contributed by atoms with E-state index in [-0.39, 0.29) is 40.1 Å². The molecule has 1 saturated heterocycles. The maximum Gasteiger partial charge on any atom is 0.330 e. The fourth-order valence-corrected chi connectivity index (χ4v) is 5.05. The number of hydrogen-bond acceptors (Lipinski definition) is 13. The van der Waals surface area contributed by atoms with Crippen LogP contribution in [0.4, 0.5) is 0 Å². The van der Waals surface area contributed by atoms with Gasteiger partial charge in [0.25, 0.3) is 11.9 Å². The van der Waals surface area contributed by atoms with E-state index in [1.165, 1.54) is 63.8 Å². The van der Waals surface area contributed by atoms with Crippen LogP contribution in [0.15, 0.2) is 60.4 Å². The van der Waals surface area contributed by atoms with E-state index in [0.29, 0.717) is 22.6 Å². The van der Waals surface area contributed by atoms with Crippen molar-refractivity contribution in [2.45, 2.75) is 36.8 Å². The van der Waals surface area contributed by atoms with Gasteiger partial charge in [-0.05, 0) is 35.9 Å². The van der Waals surface area contributed by atoms with Crippen molar-refractivity contribution in [3.63, 3.8) is 0 Å². The number of aromatic hydroxyl groups is 4. The average Bonchev–Trinajstić information content (AvgIpc) is 3.07. The second-order valence-electron chi connectivity index (χ2n) is 10.6. The van der Waals surface area contributed by atoms with E-state index in [4.69, 9.17) is 33.2 Å². The molecule has 0 bridgehead atoms. The number of phenolic OH excluding ortho intramolecular Hbond substituents is 3. The first-order chi connectivity index (χ1) is 22.5. The predicted octanol–water partition coefficient (Wildman–Crippen LogP) is 2.25. The molecular weight excluding hydrogens is 620 g/mol. The van der Waals surface area contributed by atoms with Crippen molar-refractivity contribution in [2.75, 3.05) is 27.9 Å². The molecule has 0 radical (unpaired) electrons. The van der Waals surface area contributed by atoms with Gasteiger partial charge >= 0.3 is 5.97 Å². The molecule has 0 spiro atoms. The predicted molar refractivity (Wildman–Crippen MR) is 164 cm³/mol. The van der Waals surface area contributed by atoms with E-state index in [1.54, 1.807) is 18.2 Å². The second kappa shape index (κ2) is 14.1. The van der Waals surface area contributed by atoms with Crippen LogP contribution in [0, 0.1) is 0 Å². The number of rotatable bonds is 10. The Morgan fingerprint density at radius 3 is 2.21 bits per heavy atom. The van der Waals surface area contributed by atoms with Gasteiger partial charge in [0.1, 0.15) is 53.8 Å². The summed E-state index contributed by atoms with van der Waals surface area (Å²) in [4.78, 5) is 12.4. The van der Waals surface area contributed by atoms with Crippen LogP contribution in [-0.4, -0.2) is 100.0 Å². The van der Waals surface area contributed by atoms with Gasteiger partial charge in [0.2, 0.25) is 12.0 Å². The van der Waals surface area contributed by atoms with Crippen molar-refractivity contribution < 1.29 is 68.6 Å². The van der Waals surface area contributed by atoms with Gasteiger partial charge in [-0.25, -0.2) is 4.79 Å². The van der Waals surface area contributed by atoms with Gasteiger partial charge in [0.05, 0.1) is 33.0 Å². The van der Waals surface area contributed by atoms with Crippen LogP contribution in [0.5, 0.6) is 40.2 Å². The molecule has 3 aromatic carbocycles. The van der Waals surface area contributed by atoms with E-state index in [2.05, 4.69) is 0 Å². The molecule has 0 aliphatic carbocycles. The summed E-state index contributed by atoms with van der Waals surface area (Å²) in [6.45, 7) is -0.508. The fraction of sp³-hybridized carbons (Fsp3) is 0.303. The molecule has 2 heterocycles. The van der Waals surface area contributed by atoms with Crippen molar-refractivity contribution in [1.82, 2.24) is 0 Å². The Kier molecular flexibility index (Phi) is 9.96. The minimum atomic E-state index is -1.76. The Balaban J connectivity index is 1.41. The zero-order valence-corrected chi connectivity index (χ0v) is 25.5. The van der Waals surface area contributed by atoms with Crippen LogP contribution < -0.4 is 14.2 Å². The van der Waals surface area contributed by atoms with E-state index in [9.17, 15) is 35.4 Å². The summed E-state index contributed by atoms with van der Waals surface area (Å²) in [5.41, 5.74) is 1.29. The largest absolute Gasteiger partial charge is 0.571 e. The summed E-state index contributed by atoms with van der Waals surface area (Å²) in [5, 5.41) is 62.8. The highest BCUT2D eigenvalue weighted by atomic mass is 16.7. The minimum absolute atomic E-state index is 0.0352. The number of benzene rings is 3. The standard InChI is InChI=1S/C33H34O14/c1-41-19-12-21(35)20-14-25(32(45-22(20)13-19)17-10-23(42-2)28(37)24(11-17)43-3)46-33-31(40)30(39)29(38)26(47-33)15-44-27(36)9-6-16-4-7-18(34)8-5-16/h4-14,26,29-35,37-40H,15H2,1-3H3/p+1. The van der Waals surface area contributed by atoms with Crippen LogP contribution in [0.25, 0.3) is 12.2 Å². The summed E-state index contributed by atoms with van der Waals surface area (Å²) in [6, 6.07) is 12.1. The van der Waals surface area contributed by atoms with Crippen LogP contribution in [0.3, 0.4) is 0 Å². The van der Waals surface area contributed by atoms with Crippen molar-refractivity contribution in [3.05, 3.63) is 77.1 Å². The topological polar surface area (TPSA) is 207 Å². The highest BCUT2D eigenvalue weighted by molar-refractivity contribution is 5.87. The zero-order valence-electron chi connectivity index (χ0n) is 25.5. The smallest absolute Gasteiger partial charge is 0.330 e. The SMILES string of the molecule is COc1cc(O)c2c(c1)[OH+]C(c1cc(OC)c(O)c(OC)c1)C(OC1OC(COC(=O)C=Cc3ccc(O)cc3)C(O)C(O)C1O)=C2. The van der Waals surface area contributed by atoms with Gasteiger partial charge in [-0.1, -0.05) is 12.1 Å². The molecule has 14 heteroatoms. The number of aliphatic hydroxyl groups excluding tert-OH is 3. The molecule has 14 nitrogen and oxygen atoms in total. The van der Waals surface area contributed by atoms with E-state index < -0.39 is 49.4 Å². The molecule has 0 amide bonds. The number of hydrogen-bond donors (Lipinski definition) is 6. The Morgan fingerprint density at radius 1 is 0.894 bits per heavy atom. The molecular formula is C33H35O14+. The molecule has 7 N–H and O–H groups in total. The highest BCUT2D eigenvalue weighted by Crippen LogP contribution is 2.48. The third kappa shape index (κ3) is 7.15. The van der Waals surface area contributed by atoms with Crippen molar-refractivity contribution in [2.24, 2.45) is 0 Å². The van der Waals surface area contributed by atoms with Gasteiger partial charge < -0.3 is 63.8 Å². The Labute approximate surface area is 268 Å². The summed E-state index contributed by atoms with van der Waals surface area (Å²) in [5.74, 6) is -0.306. The second-order valence-corrected chi connectivity index (χ2v) is 10.6. The van der Waals surface area contributed by atoms with Gasteiger partial charge in [0, 0.05) is 18.2 Å². The molecule has 1 fully saturated rings. The Hall–Kier alpha value is -5.15. The van der Waals surface area contributed by atoms with Gasteiger partial charge in [0.15, 0.2) is 17.3 Å². The lowest BCUT2D eigenvalue weighted by atomic mass is 9.98. The third-order valence-corrected chi connectivity index (χ3v) is 7.60. The number of carbonyl (C=O) groups is 1. The molecule has 250 valence electrons. The molecule has 2 aliphatic rings. The quantitative estimate of drug-likeness (QED) is 0.105. The molecule has 3 aromatic rings. The molecule has 6 atom stereocenters. The van der Waals surface area contributed by atoms with E-state index >= 15 is 0 Å². The maximum atomic E-state index is 12.4. The number of phenols is 3. The lowest BCUT2D eigenvalue weighted by Crippen LogP contribution is -2.59. The van der Waals surface area contributed by atoms with Gasteiger partial charge in [-0.15, -0.1) is 0 Å². The van der Waals surface area contributed by atoms with Crippen molar-refractivity contribution >= 4 is 18.1 Å². The first-order valence-corrected chi connectivity index (χ1v) is 14.3. The van der Waals surface area contributed by atoms with Crippen LogP contribution in [0.1, 0.15) is 22.8 Å². The monoisotopic (exact) mass is 655 g/mol. The van der Waals surface area contributed by atoms with Crippen LogP contribution in [-0.2, 0) is 19.0 Å². The maximum absolute atomic E-state index is 12.4. The molecule has 0 saturated carbocycles. The zero-order chi connectivity index (χ0) is 33.8. The number of carbonyl (C=O) groups excluding carboxylic acids is 1. The lowest BCUT2D eigenvalue weighted by molar-refractivity contribution is -0.296. The molecule has 47 heavy (non-hydrogen) atoms. The van der Waals surface area contributed by atoms with Gasteiger partial charge in [-0.2, -0.15) is 0 Å². The normalized spacial score (nSPS) is 23.7. The van der Waals surface area contributed by atoms with E-state index in [1.807, 2.05) is 0 Å². The van der Waals surface area contributed by atoms with Crippen molar-refractivity contribution in [1.29, 1.82) is 0 Å².